The van der Waals surface area contributed by atoms with Crippen LogP contribution in [0.3, 0.4) is 0 Å². The van der Waals surface area contributed by atoms with Crippen LogP contribution in [0.2, 0.25) is 0 Å². The summed E-state index contributed by atoms with van der Waals surface area (Å²) in [5, 5.41) is 23.6. The molecule has 0 amide bonds. The maximum atomic E-state index is 11.5. The Morgan fingerprint density at radius 1 is 0.470 bits per heavy atom. The molecule has 3 atom stereocenters. The van der Waals surface area contributed by atoms with Crippen LogP contribution in [0.1, 0.15) is 77.5 Å². The Hall–Kier alpha value is -4.40. The van der Waals surface area contributed by atoms with Gasteiger partial charge in [0.1, 0.15) is 31.3 Å². The van der Waals surface area contributed by atoms with E-state index in [1.807, 2.05) is 62.3 Å². The Labute approximate surface area is 390 Å². The number of aliphatic carboxylic acids is 1. The number of esters is 2. The summed E-state index contributed by atoms with van der Waals surface area (Å²) < 4.78 is 98.5. The third-order valence-corrected chi connectivity index (χ3v) is 10.3. The third kappa shape index (κ3) is 35.8. The second-order valence-corrected chi connectivity index (χ2v) is 20.0. The molecule has 0 aliphatic rings. The van der Waals surface area contributed by atoms with Crippen LogP contribution in [0.25, 0.3) is 0 Å². The fourth-order valence-corrected chi connectivity index (χ4v) is 5.89. The van der Waals surface area contributed by atoms with Gasteiger partial charge in [0.2, 0.25) is 0 Å². The van der Waals surface area contributed by atoms with E-state index in [2.05, 4.69) is 0 Å². The van der Waals surface area contributed by atoms with E-state index in [1.165, 1.54) is 36.4 Å². The van der Waals surface area contributed by atoms with Crippen molar-refractivity contribution in [1.29, 1.82) is 0 Å². The lowest BCUT2D eigenvalue weighted by Gasteiger charge is -2.15. The summed E-state index contributed by atoms with van der Waals surface area (Å²) in [7, 11) is -12.1. The molecule has 0 aromatic heterocycles. The molecule has 66 heavy (non-hydrogen) atoms. The third-order valence-electron chi connectivity index (χ3n) is 7.73. The van der Waals surface area contributed by atoms with Gasteiger partial charge in [-0.05, 0) is 94.2 Å². The predicted molar refractivity (Wildman–Crippen MR) is 249 cm³/mol. The lowest BCUT2D eigenvalue weighted by Crippen LogP contribution is -2.36. The number of rotatable bonds is 16. The normalized spacial score (nSPS) is 12.4. The molecule has 20 nitrogen and oxygen atoms in total. The maximum Gasteiger partial charge on any atom is 0.323 e. The Balaban J connectivity index is -0.000000757. The standard InChI is InChI=1S/C14H28N2O4.3C7H8O3S.C6H13NO2.C2H6O2/c1-9(2)7-11(15)13(17)19-5-6-20-14(18)12(16)8-10(3)4;3*1-6-2-4-7(5-3-6)11(8,9)10;1-4(2)3-5(7)6(8)9;3-1-2-4/h9-12H,5-8,15-16H2,1-4H3;3*2-5H,1H3,(H,8,9,10);4-5H,3,7H2,1-2H3,(H,8,9);3-4H,1-2H2. The highest BCUT2D eigenvalue weighted by molar-refractivity contribution is 7.86. The van der Waals surface area contributed by atoms with E-state index >= 15 is 0 Å². The van der Waals surface area contributed by atoms with Crippen LogP contribution >= 0.6 is 0 Å². The largest absolute Gasteiger partial charge is 0.480 e. The number of aryl methyl sites for hydroxylation is 3. The molecule has 3 aromatic rings. The zero-order chi connectivity index (χ0) is 52.0. The van der Waals surface area contributed by atoms with E-state index in [-0.39, 0.29) is 41.1 Å². The smallest absolute Gasteiger partial charge is 0.323 e. The summed E-state index contributed by atoms with van der Waals surface area (Å²) in [5.41, 5.74) is 19.4. The van der Waals surface area contributed by atoms with E-state index < -0.39 is 66.4 Å². The second-order valence-electron chi connectivity index (χ2n) is 15.7. The minimum absolute atomic E-state index is 0.00473. The average Bonchev–Trinajstić information content (AvgIpc) is 3.19. The number of carbonyl (C=O) groups is 3. The number of hydrogen-bond donors (Lipinski definition) is 9. The van der Waals surface area contributed by atoms with Gasteiger partial charge < -0.3 is 42.0 Å². The Bertz CT molecular complexity index is 1940. The van der Waals surface area contributed by atoms with Crippen molar-refractivity contribution in [3.05, 3.63) is 89.5 Å². The lowest BCUT2D eigenvalue weighted by atomic mass is 10.1. The number of carboxylic acid groups (broad SMARTS) is 1. The Kier molecular flexibility index (Phi) is 33.9. The van der Waals surface area contributed by atoms with E-state index in [9.17, 15) is 39.6 Å². The summed E-state index contributed by atoms with van der Waals surface area (Å²) in [6.45, 7) is 17.1. The zero-order valence-corrected chi connectivity index (χ0v) is 41.4. The number of hydrogen-bond acceptors (Lipinski definition) is 16. The molecule has 0 saturated heterocycles. The summed E-state index contributed by atoms with van der Waals surface area (Å²) in [6.07, 6.45) is 1.69. The number of carbonyl (C=O) groups excluding carboxylic acids is 2. The van der Waals surface area contributed by atoms with Crippen molar-refractivity contribution in [3.63, 3.8) is 0 Å². The topological polar surface area (TPSA) is 372 Å². The van der Waals surface area contributed by atoms with Gasteiger partial charge >= 0.3 is 17.9 Å². The first-order chi connectivity index (χ1) is 30.2. The number of aliphatic hydroxyl groups is 2. The number of ether oxygens (including phenoxy) is 2. The first-order valence-corrected chi connectivity index (χ1v) is 24.7. The SMILES string of the molecule is CC(C)CC(N)C(=O)O.CC(C)CC(N)C(=O)OCCOC(=O)C(N)CC(C)C.Cc1ccc(S(=O)(=O)O)cc1.Cc1ccc(S(=O)(=O)O)cc1.Cc1ccc(S(=O)(=O)O)cc1.OCCO. The van der Waals surface area contributed by atoms with Gasteiger partial charge in [-0.15, -0.1) is 0 Å². The van der Waals surface area contributed by atoms with Crippen LogP contribution in [-0.2, 0) is 54.2 Å². The van der Waals surface area contributed by atoms with Crippen LogP contribution in [0.5, 0.6) is 0 Å². The minimum atomic E-state index is -4.02. The maximum absolute atomic E-state index is 11.5. The average molecular weight is 998 g/mol. The molecule has 0 fully saturated rings. The number of benzene rings is 3. The first-order valence-electron chi connectivity index (χ1n) is 20.4. The van der Waals surface area contributed by atoms with Crippen molar-refractivity contribution >= 4 is 48.3 Å². The lowest BCUT2D eigenvalue weighted by molar-refractivity contribution is -0.154. The fourth-order valence-electron chi connectivity index (χ4n) is 4.45. The van der Waals surface area contributed by atoms with E-state index in [0.29, 0.717) is 37.0 Å². The highest BCUT2D eigenvalue weighted by Gasteiger charge is 2.19. The summed E-state index contributed by atoms with van der Waals surface area (Å²) >= 11 is 0. The molecule has 0 spiro atoms. The quantitative estimate of drug-likeness (QED) is 0.0557. The Morgan fingerprint density at radius 2 is 0.682 bits per heavy atom. The van der Waals surface area contributed by atoms with Crippen molar-refractivity contribution in [3.8, 4) is 0 Å². The van der Waals surface area contributed by atoms with Gasteiger partial charge in [-0.2, -0.15) is 25.3 Å². The highest BCUT2D eigenvalue weighted by Crippen LogP contribution is 2.11. The molecule has 378 valence electrons. The number of nitrogens with two attached hydrogens (primary N) is 3. The van der Waals surface area contributed by atoms with Gasteiger partial charge in [0.25, 0.3) is 30.4 Å². The molecule has 0 bridgehead atoms. The molecule has 3 unspecified atom stereocenters. The highest BCUT2D eigenvalue weighted by atomic mass is 32.2. The van der Waals surface area contributed by atoms with Gasteiger partial charge in [-0.3, -0.25) is 28.0 Å². The zero-order valence-electron chi connectivity index (χ0n) is 39.0. The first kappa shape index (κ1) is 65.9. The van der Waals surface area contributed by atoms with Gasteiger partial charge in [0.05, 0.1) is 27.9 Å². The summed E-state index contributed by atoms with van der Waals surface area (Å²) in [4.78, 5) is 32.9. The van der Waals surface area contributed by atoms with Crippen molar-refractivity contribution in [2.75, 3.05) is 26.4 Å². The molecular formula is C43H71N3O17S3. The van der Waals surface area contributed by atoms with Gasteiger partial charge in [0, 0.05) is 0 Å². The van der Waals surface area contributed by atoms with Gasteiger partial charge in [-0.1, -0.05) is 94.6 Å². The van der Waals surface area contributed by atoms with Crippen LogP contribution in [-0.4, -0.2) is 117 Å². The molecule has 0 aliphatic heterocycles. The van der Waals surface area contributed by atoms with Crippen LogP contribution in [0, 0.1) is 38.5 Å². The fraction of sp³-hybridized carbons (Fsp3) is 0.512. The molecular weight excluding hydrogens is 927 g/mol. The summed E-state index contributed by atoms with van der Waals surface area (Å²) in [6, 6.07) is 16.0. The Morgan fingerprint density at radius 3 is 0.833 bits per heavy atom. The van der Waals surface area contributed by atoms with Crippen LogP contribution < -0.4 is 17.2 Å². The van der Waals surface area contributed by atoms with Gasteiger partial charge in [0.15, 0.2) is 0 Å². The van der Waals surface area contributed by atoms with Crippen molar-refractivity contribution in [1.82, 2.24) is 0 Å². The monoisotopic (exact) mass is 997 g/mol. The predicted octanol–water partition coefficient (Wildman–Crippen LogP) is 3.96. The minimum Gasteiger partial charge on any atom is -0.480 e. The van der Waals surface area contributed by atoms with Crippen LogP contribution in [0.15, 0.2) is 87.5 Å². The number of aliphatic hydroxyl groups excluding tert-OH is 2. The molecule has 0 heterocycles. The van der Waals surface area contributed by atoms with Crippen molar-refractivity contribution in [2.24, 2.45) is 35.0 Å². The van der Waals surface area contributed by atoms with E-state index in [1.54, 1.807) is 36.4 Å². The summed E-state index contributed by atoms with van der Waals surface area (Å²) in [5.74, 6) is -0.851. The van der Waals surface area contributed by atoms with Crippen molar-refractivity contribution in [2.45, 2.75) is 114 Å². The van der Waals surface area contributed by atoms with Gasteiger partial charge in [-0.25, -0.2) is 0 Å². The number of carboxylic acids is 1. The van der Waals surface area contributed by atoms with Crippen molar-refractivity contribution < 1.29 is 78.1 Å². The van der Waals surface area contributed by atoms with Crippen LogP contribution in [0.4, 0.5) is 0 Å². The molecule has 0 aliphatic carbocycles. The molecule has 3 aromatic carbocycles. The molecule has 3 rings (SSSR count). The molecule has 12 N–H and O–H groups in total. The molecule has 23 heteroatoms. The molecule has 0 saturated carbocycles. The van der Waals surface area contributed by atoms with E-state index in [0.717, 1.165) is 16.7 Å². The second kappa shape index (κ2) is 34.0. The molecule has 0 radical (unpaired) electrons. The van der Waals surface area contributed by atoms with E-state index in [4.69, 9.17) is 55.7 Å².